The molecular formula is C37H50N6O6. The predicted octanol–water partition coefficient (Wildman–Crippen LogP) is 6.60. The van der Waals surface area contributed by atoms with Crippen LogP contribution in [0.1, 0.15) is 82.7 Å². The second kappa shape index (κ2) is 16.2. The lowest BCUT2D eigenvalue weighted by atomic mass is 9.90. The number of aromatic nitrogens is 4. The van der Waals surface area contributed by atoms with Crippen LogP contribution < -0.4 is 19.1 Å². The number of hydrogen-bond acceptors (Lipinski definition) is 10. The summed E-state index contributed by atoms with van der Waals surface area (Å²) in [6.07, 6.45) is 4.47. The van der Waals surface area contributed by atoms with E-state index in [1.165, 1.54) is 0 Å². The van der Waals surface area contributed by atoms with Crippen molar-refractivity contribution in [3.63, 3.8) is 0 Å². The molecule has 1 atom stereocenters. The number of methoxy groups -OCH3 is 2. The summed E-state index contributed by atoms with van der Waals surface area (Å²) in [7, 11) is 3.31. The van der Waals surface area contributed by atoms with E-state index < -0.39 is 11.7 Å². The van der Waals surface area contributed by atoms with E-state index in [4.69, 9.17) is 34.0 Å². The molecule has 1 unspecified atom stereocenters. The quantitative estimate of drug-likeness (QED) is 0.146. The van der Waals surface area contributed by atoms with Crippen molar-refractivity contribution in [2.24, 2.45) is 5.92 Å². The molecule has 1 fully saturated rings. The summed E-state index contributed by atoms with van der Waals surface area (Å²) in [5.74, 6) is 2.38. The first kappa shape index (κ1) is 35.7. The van der Waals surface area contributed by atoms with Gasteiger partial charge < -0.3 is 33.9 Å². The van der Waals surface area contributed by atoms with Crippen LogP contribution in [0.25, 0.3) is 5.65 Å². The molecule has 12 heteroatoms. The number of nitrogens with zero attached hydrogens (tertiary/aromatic N) is 6. The number of carbonyl (C=O) groups is 1. The molecular weight excluding hydrogens is 624 g/mol. The van der Waals surface area contributed by atoms with Gasteiger partial charge in [-0.25, -0.2) is 14.3 Å². The maximum absolute atomic E-state index is 12.6. The van der Waals surface area contributed by atoms with Gasteiger partial charge in [-0.2, -0.15) is 4.98 Å². The number of aliphatic hydroxyl groups is 1. The summed E-state index contributed by atoms with van der Waals surface area (Å²) in [5.41, 5.74) is 2.68. The molecule has 1 amide bonds. The molecule has 5 rings (SSSR count). The van der Waals surface area contributed by atoms with Crippen LogP contribution in [0.4, 0.5) is 10.6 Å². The number of anilines is 1. The average Bonchev–Trinajstić information content (AvgIpc) is 3.52. The molecule has 0 bridgehead atoms. The Bertz CT molecular complexity index is 1600. The van der Waals surface area contributed by atoms with Crippen LogP contribution in [-0.4, -0.2) is 75.2 Å². The van der Waals surface area contributed by atoms with Crippen molar-refractivity contribution in [2.75, 3.05) is 38.8 Å². The zero-order valence-corrected chi connectivity index (χ0v) is 29.6. The number of ether oxygens (including phenoxy) is 4. The van der Waals surface area contributed by atoms with Gasteiger partial charge in [0.15, 0.2) is 11.5 Å². The Morgan fingerprint density at radius 1 is 0.980 bits per heavy atom. The molecule has 264 valence electrons. The summed E-state index contributed by atoms with van der Waals surface area (Å²) >= 11 is 0. The molecule has 49 heavy (non-hydrogen) atoms. The normalized spacial score (nSPS) is 14.5. The number of unbranched alkanes of at least 4 members (excludes halogenated alkanes) is 1. The Labute approximate surface area is 289 Å². The largest absolute Gasteiger partial charge is 0.497 e. The van der Waals surface area contributed by atoms with Crippen molar-refractivity contribution in [3.05, 3.63) is 71.5 Å². The smallest absolute Gasteiger partial charge is 0.410 e. The maximum atomic E-state index is 12.6. The van der Waals surface area contributed by atoms with Crippen LogP contribution in [0.2, 0.25) is 0 Å². The van der Waals surface area contributed by atoms with Gasteiger partial charge in [-0.15, -0.1) is 5.10 Å². The molecule has 2 aromatic carbocycles. The van der Waals surface area contributed by atoms with E-state index in [2.05, 4.69) is 11.8 Å². The van der Waals surface area contributed by atoms with E-state index in [1.54, 1.807) is 29.8 Å². The minimum atomic E-state index is -0.823. The van der Waals surface area contributed by atoms with Crippen molar-refractivity contribution >= 4 is 17.6 Å². The van der Waals surface area contributed by atoms with Crippen LogP contribution in [-0.2, 0) is 17.8 Å². The van der Waals surface area contributed by atoms with Crippen LogP contribution in [0.5, 0.6) is 17.5 Å². The van der Waals surface area contributed by atoms with Gasteiger partial charge in [0.25, 0.3) is 0 Å². The van der Waals surface area contributed by atoms with Crippen LogP contribution >= 0.6 is 0 Å². The molecule has 1 aliphatic heterocycles. The van der Waals surface area contributed by atoms with E-state index in [0.29, 0.717) is 56.4 Å². The molecule has 0 saturated carbocycles. The number of benzene rings is 2. The molecule has 0 aliphatic carbocycles. The highest BCUT2D eigenvalue weighted by molar-refractivity contribution is 5.68. The molecule has 1 aliphatic rings. The van der Waals surface area contributed by atoms with Gasteiger partial charge in [-0.05, 0) is 87.8 Å². The fraction of sp³-hybridized carbons (Fsp3) is 0.514. The van der Waals surface area contributed by atoms with Crippen molar-refractivity contribution in [3.8, 4) is 17.5 Å². The minimum Gasteiger partial charge on any atom is -0.497 e. The zero-order chi connectivity index (χ0) is 35.0. The lowest BCUT2D eigenvalue weighted by Gasteiger charge is -2.34. The Balaban J connectivity index is 1.43. The van der Waals surface area contributed by atoms with Crippen LogP contribution in [0.3, 0.4) is 0 Å². The van der Waals surface area contributed by atoms with E-state index in [9.17, 15) is 9.90 Å². The fourth-order valence-corrected chi connectivity index (χ4v) is 5.90. The maximum Gasteiger partial charge on any atom is 0.410 e. The molecule has 0 radical (unpaired) electrons. The molecule has 1 saturated heterocycles. The lowest BCUT2D eigenvalue weighted by Crippen LogP contribution is -2.41. The number of aliphatic hydroxyl groups excluding tert-OH is 1. The molecule has 3 heterocycles. The fourth-order valence-electron chi connectivity index (χ4n) is 5.90. The highest BCUT2D eigenvalue weighted by Crippen LogP contribution is 2.32. The SMILES string of the molecule is CCCCOc1nc(N(Cc2ccc(OC)cc2)Cc2ccc(OC)cc2)c2ncc(C(O)CC3CCN(C(=O)OC(C)(C)C)CC3)n2n1. The third kappa shape index (κ3) is 9.53. The highest BCUT2D eigenvalue weighted by Gasteiger charge is 2.30. The molecule has 1 N–H and O–H groups in total. The number of fused-ring (bicyclic) bond motifs is 1. The van der Waals surface area contributed by atoms with Gasteiger partial charge in [-0.1, -0.05) is 37.6 Å². The van der Waals surface area contributed by atoms with E-state index in [-0.39, 0.29) is 18.0 Å². The van der Waals surface area contributed by atoms with E-state index in [1.807, 2.05) is 69.3 Å². The van der Waals surface area contributed by atoms with Gasteiger partial charge >= 0.3 is 12.1 Å². The number of imidazole rings is 1. The van der Waals surface area contributed by atoms with Crippen molar-refractivity contribution in [1.29, 1.82) is 0 Å². The standard InChI is InChI=1S/C37H50N6O6/c1-7-8-21-48-35-39-34(42(24-27-9-13-29(46-5)14-10-27)25-28-11-15-30(47-6)16-12-28)33-38-23-31(43(33)40-35)32(44)22-26-17-19-41(20-18-26)36(45)49-37(2,3)4/h9-16,23,26,32,44H,7-8,17-22,24-25H2,1-6H3. The number of amides is 1. The van der Waals surface area contributed by atoms with Gasteiger partial charge in [0, 0.05) is 26.2 Å². The van der Waals surface area contributed by atoms with Gasteiger partial charge in [-0.3, -0.25) is 0 Å². The Kier molecular flexibility index (Phi) is 11.8. The number of likely N-dealkylation sites (tertiary alicyclic amines) is 1. The highest BCUT2D eigenvalue weighted by atomic mass is 16.6. The summed E-state index contributed by atoms with van der Waals surface area (Å²) in [6, 6.07) is 16.1. The van der Waals surface area contributed by atoms with E-state index >= 15 is 0 Å². The van der Waals surface area contributed by atoms with Crippen molar-refractivity contribution in [1.82, 2.24) is 24.5 Å². The monoisotopic (exact) mass is 674 g/mol. The average molecular weight is 675 g/mol. The molecule has 0 spiro atoms. The van der Waals surface area contributed by atoms with Crippen molar-refractivity contribution < 1.29 is 28.8 Å². The first-order valence-corrected chi connectivity index (χ1v) is 17.1. The number of rotatable bonds is 14. The number of piperidine rings is 1. The van der Waals surface area contributed by atoms with Crippen LogP contribution in [0, 0.1) is 5.92 Å². The molecule has 2 aromatic heterocycles. The summed E-state index contributed by atoms with van der Waals surface area (Å²) in [4.78, 5) is 26.1. The van der Waals surface area contributed by atoms with Gasteiger partial charge in [0.2, 0.25) is 0 Å². The topological polar surface area (TPSA) is 124 Å². The number of carbonyl (C=O) groups excluding carboxylic acids is 1. The van der Waals surface area contributed by atoms with Gasteiger partial charge in [0.05, 0.1) is 38.8 Å². The summed E-state index contributed by atoms with van der Waals surface area (Å²) < 4.78 is 24.1. The van der Waals surface area contributed by atoms with Gasteiger partial charge in [0.1, 0.15) is 17.1 Å². The zero-order valence-electron chi connectivity index (χ0n) is 29.6. The third-order valence-electron chi connectivity index (χ3n) is 8.61. The first-order valence-electron chi connectivity index (χ1n) is 17.1. The Morgan fingerprint density at radius 3 is 2.10 bits per heavy atom. The molecule has 12 nitrogen and oxygen atoms in total. The third-order valence-corrected chi connectivity index (χ3v) is 8.61. The Hall–Kier alpha value is -4.58. The predicted molar refractivity (Wildman–Crippen MR) is 187 cm³/mol. The second-order valence-corrected chi connectivity index (χ2v) is 13.6. The lowest BCUT2D eigenvalue weighted by molar-refractivity contribution is 0.0159. The van der Waals surface area contributed by atoms with Crippen LogP contribution in [0.15, 0.2) is 54.7 Å². The summed E-state index contributed by atoms with van der Waals surface area (Å²) in [5, 5.41) is 16.3. The Morgan fingerprint density at radius 2 is 1.57 bits per heavy atom. The minimum absolute atomic E-state index is 0.225. The first-order chi connectivity index (χ1) is 23.6. The second-order valence-electron chi connectivity index (χ2n) is 13.6. The van der Waals surface area contributed by atoms with E-state index in [0.717, 1.165) is 48.3 Å². The number of hydrogen-bond donors (Lipinski definition) is 1. The summed E-state index contributed by atoms with van der Waals surface area (Å²) in [6.45, 7) is 10.4. The van der Waals surface area contributed by atoms with Crippen molar-refractivity contribution in [2.45, 2.75) is 84.6 Å². The molecule has 4 aromatic rings.